The van der Waals surface area contributed by atoms with Crippen molar-refractivity contribution in [2.45, 2.75) is 18.9 Å². The number of rotatable bonds is 2. The molecule has 2 aliphatic heterocycles. The molecule has 3 amide bonds. The van der Waals surface area contributed by atoms with Crippen LogP contribution >= 0.6 is 0 Å². The maximum absolute atomic E-state index is 13.0. The number of hydrogen-bond acceptors (Lipinski definition) is 2. The molecule has 1 N–H and O–H groups in total. The molecule has 2 heterocycles. The Morgan fingerprint density at radius 3 is 2.68 bits per heavy atom. The van der Waals surface area contributed by atoms with Gasteiger partial charge in [0, 0.05) is 30.9 Å². The van der Waals surface area contributed by atoms with E-state index in [4.69, 9.17) is 0 Å². The fourth-order valence-corrected chi connectivity index (χ4v) is 3.48. The van der Waals surface area contributed by atoms with E-state index >= 15 is 0 Å². The third-order valence-corrected chi connectivity index (χ3v) is 4.72. The van der Waals surface area contributed by atoms with Gasteiger partial charge in [0.2, 0.25) is 5.91 Å². The van der Waals surface area contributed by atoms with Crippen LogP contribution in [0.3, 0.4) is 0 Å². The average molecular weight is 339 g/mol. The lowest BCUT2D eigenvalue weighted by Gasteiger charge is -2.21. The number of anilines is 2. The molecule has 2 aromatic rings. The average Bonchev–Trinajstić information content (AvgIpc) is 3.19. The number of nitrogens with one attached hydrogen (secondary N) is 1. The first kappa shape index (κ1) is 15.6. The molecule has 25 heavy (non-hydrogen) atoms. The normalized spacial score (nSPS) is 19.2. The van der Waals surface area contributed by atoms with Crippen molar-refractivity contribution in [3.8, 4) is 0 Å². The summed E-state index contributed by atoms with van der Waals surface area (Å²) in [5.74, 6) is -0.410. The third-order valence-electron chi connectivity index (χ3n) is 4.72. The van der Waals surface area contributed by atoms with Crippen LogP contribution in [0, 0.1) is 5.82 Å². The molecule has 1 fully saturated rings. The fraction of sp³-hybridized carbons (Fsp3) is 0.263. The lowest BCUT2D eigenvalue weighted by Crippen LogP contribution is -2.45. The highest BCUT2D eigenvalue weighted by Gasteiger charge is 2.33. The molecule has 0 bridgehead atoms. The quantitative estimate of drug-likeness (QED) is 0.915. The van der Waals surface area contributed by atoms with Crippen LogP contribution in [0.15, 0.2) is 48.5 Å². The predicted molar refractivity (Wildman–Crippen MR) is 93.2 cm³/mol. The number of urea groups is 1. The van der Waals surface area contributed by atoms with Gasteiger partial charge in [-0.2, -0.15) is 0 Å². The van der Waals surface area contributed by atoms with Crippen molar-refractivity contribution in [1.29, 1.82) is 0 Å². The van der Waals surface area contributed by atoms with E-state index < -0.39 is 0 Å². The van der Waals surface area contributed by atoms with Crippen molar-refractivity contribution < 1.29 is 14.0 Å². The second-order valence-corrected chi connectivity index (χ2v) is 6.36. The van der Waals surface area contributed by atoms with E-state index in [0.717, 1.165) is 17.7 Å². The number of hydrogen-bond donors (Lipinski definition) is 1. The van der Waals surface area contributed by atoms with Gasteiger partial charge in [-0.05, 0) is 42.3 Å². The van der Waals surface area contributed by atoms with E-state index in [1.807, 2.05) is 24.3 Å². The van der Waals surface area contributed by atoms with Crippen molar-refractivity contribution in [1.82, 2.24) is 5.32 Å². The van der Waals surface area contributed by atoms with Gasteiger partial charge in [-0.15, -0.1) is 0 Å². The zero-order valence-corrected chi connectivity index (χ0v) is 13.6. The van der Waals surface area contributed by atoms with Gasteiger partial charge in [0.25, 0.3) is 0 Å². The Hall–Kier alpha value is -2.89. The lowest BCUT2D eigenvalue weighted by atomic mass is 10.2. The summed E-state index contributed by atoms with van der Waals surface area (Å²) < 4.78 is 13.0. The van der Waals surface area contributed by atoms with Gasteiger partial charge in [0.15, 0.2) is 0 Å². The maximum Gasteiger partial charge on any atom is 0.322 e. The van der Waals surface area contributed by atoms with E-state index in [0.29, 0.717) is 18.8 Å². The van der Waals surface area contributed by atoms with Crippen LogP contribution in [0.4, 0.5) is 20.6 Å². The Labute approximate surface area is 145 Å². The largest absolute Gasteiger partial charge is 0.333 e. The summed E-state index contributed by atoms with van der Waals surface area (Å²) in [6.07, 6.45) is 1.09. The number of carbonyl (C=O) groups is 2. The number of fused-ring (bicyclic) bond motifs is 1. The SMILES string of the molecule is O=C1C[C@H](NC(=O)N2CCc3ccccc32)CN1c1ccc(F)cc1. The fourth-order valence-electron chi connectivity index (χ4n) is 3.48. The van der Waals surface area contributed by atoms with Gasteiger partial charge in [0.1, 0.15) is 5.82 Å². The first-order valence-electron chi connectivity index (χ1n) is 8.34. The molecule has 6 heteroatoms. The highest BCUT2D eigenvalue weighted by Crippen LogP contribution is 2.28. The standard InChI is InChI=1S/C19H18FN3O2/c20-14-5-7-16(8-6-14)23-12-15(11-18(23)24)21-19(25)22-10-9-13-3-1-2-4-17(13)22/h1-8,15H,9-12H2,(H,21,25)/t15-/m0/s1. The molecule has 0 saturated carbocycles. The Morgan fingerprint density at radius 2 is 1.88 bits per heavy atom. The summed E-state index contributed by atoms with van der Waals surface area (Å²) in [5.41, 5.74) is 2.74. The molecule has 2 aromatic carbocycles. The molecule has 5 nitrogen and oxygen atoms in total. The summed E-state index contributed by atoms with van der Waals surface area (Å²) in [6, 6.07) is 13.2. The van der Waals surface area contributed by atoms with Crippen LogP contribution in [-0.4, -0.2) is 31.1 Å². The van der Waals surface area contributed by atoms with Crippen molar-refractivity contribution in [3.05, 3.63) is 59.9 Å². The molecule has 1 saturated heterocycles. The van der Waals surface area contributed by atoms with Crippen LogP contribution in [0.1, 0.15) is 12.0 Å². The van der Waals surface area contributed by atoms with Gasteiger partial charge in [-0.25, -0.2) is 9.18 Å². The summed E-state index contributed by atoms with van der Waals surface area (Å²) in [6.45, 7) is 1.04. The highest BCUT2D eigenvalue weighted by atomic mass is 19.1. The van der Waals surface area contributed by atoms with Crippen LogP contribution in [0.25, 0.3) is 0 Å². The minimum atomic E-state index is -0.340. The van der Waals surface area contributed by atoms with Crippen LogP contribution in [0.5, 0.6) is 0 Å². The Kier molecular flexibility index (Phi) is 3.87. The van der Waals surface area contributed by atoms with Crippen molar-refractivity contribution in [3.63, 3.8) is 0 Å². The summed E-state index contributed by atoms with van der Waals surface area (Å²) in [5, 5.41) is 2.95. The lowest BCUT2D eigenvalue weighted by molar-refractivity contribution is -0.117. The minimum Gasteiger partial charge on any atom is -0.333 e. The number of nitrogens with zero attached hydrogens (tertiary/aromatic N) is 2. The molecule has 2 aliphatic rings. The number of para-hydroxylation sites is 1. The Balaban J connectivity index is 1.43. The number of benzene rings is 2. The number of halogens is 1. The van der Waals surface area contributed by atoms with Crippen molar-refractivity contribution in [2.24, 2.45) is 0 Å². The Morgan fingerprint density at radius 1 is 1.12 bits per heavy atom. The van der Waals surface area contributed by atoms with E-state index in [2.05, 4.69) is 5.32 Å². The second-order valence-electron chi connectivity index (χ2n) is 6.36. The molecule has 128 valence electrons. The van der Waals surface area contributed by atoms with E-state index in [1.165, 1.54) is 12.1 Å². The van der Waals surface area contributed by atoms with Gasteiger partial charge >= 0.3 is 6.03 Å². The van der Waals surface area contributed by atoms with Gasteiger partial charge in [-0.1, -0.05) is 18.2 Å². The number of carbonyl (C=O) groups excluding carboxylic acids is 2. The van der Waals surface area contributed by atoms with Gasteiger partial charge in [-0.3, -0.25) is 9.69 Å². The smallest absolute Gasteiger partial charge is 0.322 e. The molecule has 0 aromatic heterocycles. The second kappa shape index (κ2) is 6.20. The molecule has 4 rings (SSSR count). The molecule has 0 spiro atoms. The topological polar surface area (TPSA) is 52.7 Å². The molecule has 0 radical (unpaired) electrons. The van der Waals surface area contributed by atoms with E-state index in [1.54, 1.807) is 21.9 Å². The monoisotopic (exact) mass is 339 g/mol. The van der Waals surface area contributed by atoms with E-state index in [9.17, 15) is 14.0 Å². The van der Waals surface area contributed by atoms with Crippen molar-refractivity contribution in [2.75, 3.05) is 22.9 Å². The first-order chi connectivity index (χ1) is 12.1. The molecule has 0 unspecified atom stereocenters. The van der Waals surface area contributed by atoms with Crippen LogP contribution in [-0.2, 0) is 11.2 Å². The van der Waals surface area contributed by atoms with Crippen LogP contribution < -0.4 is 15.1 Å². The minimum absolute atomic E-state index is 0.0706. The van der Waals surface area contributed by atoms with Crippen LogP contribution in [0.2, 0.25) is 0 Å². The van der Waals surface area contributed by atoms with Gasteiger partial charge < -0.3 is 10.2 Å². The third kappa shape index (κ3) is 2.95. The zero-order chi connectivity index (χ0) is 17.4. The van der Waals surface area contributed by atoms with Crippen molar-refractivity contribution >= 4 is 23.3 Å². The highest BCUT2D eigenvalue weighted by molar-refractivity contribution is 5.98. The summed E-state index contributed by atoms with van der Waals surface area (Å²) in [7, 11) is 0. The maximum atomic E-state index is 13.0. The summed E-state index contributed by atoms with van der Waals surface area (Å²) in [4.78, 5) is 28.1. The molecular weight excluding hydrogens is 321 g/mol. The Bertz CT molecular complexity index is 822. The molecule has 1 atom stereocenters. The van der Waals surface area contributed by atoms with Gasteiger partial charge in [0.05, 0.1) is 6.04 Å². The first-order valence-corrected chi connectivity index (χ1v) is 8.34. The predicted octanol–water partition coefficient (Wildman–Crippen LogP) is 2.70. The molecular formula is C19H18FN3O2. The zero-order valence-electron chi connectivity index (χ0n) is 13.6. The van der Waals surface area contributed by atoms with E-state index in [-0.39, 0.29) is 30.2 Å². The summed E-state index contributed by atoms with van der Waals surface area (Å²) >= 11 is 0. The molecule has 0 aliphatic carbocycles. The number of amides is 3.